The number of aromatic carboxylic acids is 1. The molecule has 96 heavy (non-hydrogen) atoms. The second-order valence-electron chi connectivity index (χ2n) is 23.8. The van der Waals surface area contributed by atoms with Crippen molar-refractivity contribution in [3.63, 3.8) is 0 Å². The van der Waals surface area contributed by atoms with Gasteiger partial charge in [-0.15, -0.1) is 0 Å². The van der Waals surface area contributed by atoms with Crippen molar-refractivity contribution in [1.29, 1.82) is 0 Å². The zero-order valence-corrected chi connectivity index (χ0v) is 59.4. The van der Waals surface area contributed by atoms with Gasteiger partial charge in [-0.2, -0.15) is 20.4 Å². The molecule has 1 amide bonds. The largest absolute Gasteiger partial charge is 0.478 e. The molecule has 29 heteroatoms. The summed E-state index contributed by atoms with van der Waals surface area (Å²) in [5.41, 5.74) is 8.39. The van der Waals surface area contributed by atoms with E-state index in [2.05, 4.69) is 66.7 Å². The van der Waals surface area contributed by atoms with Crippen molar-refractivity contribution in [3.05, 3.63) is 120 Å². The van der Waals surface area contributed by atoms with Crippen LogP contribution >= 0.6 is 62.3 Å². The molecule has 1 aromatic carbocycles. The fraction of sp³-hybridized carbons (Fsp3) is 0.493. The number of ether oxygens (including phenoxy) is 6. The number of aryl methyl sites for hydroxylation is 5. The number of rotatable bonds is 14. The van der Waals surface area contributed by atoms with Gasteiger partial charge in [0, 0.05) is 114 Å². The van der Waals surface area contributed by atoms with Gasteiger partial charge in [0.05, 0.1) is 94.2 Å². The Labute approximate surface area is 584 Å². The maximum absolute atomic E-state index is 12.7. The maximum atomic E-state index is 12.7. The first-order chi connectivity index (χ1) is 46.3. The van der Waals surface area contributed by atoms with Gasteiger partial charge < -0.3 is 38.8 Å². The van der Waals surface area contributed by atoms with Gasteiger partial charge in [0.1, 0.15) is 0 Å². The van der Waals surface area contributed by atoms with Crippen LogP contribution in [0.5, 0.6) is 0 Å². The molecule has 514 valence electrons. The number of carbonyl (C=O) groups excluding carboxylic acids is 3. The van der Waals surface area contributed by atoms with E-state index in [1.165, 1.54) is 37.6 Å². The average molecular weight is 1470 g/mol. The van der Waals surface area contributed by atoms with Crippen molar-refractivity contribution < 1.29 is 52.7 Å². The monoisotopic (exact) mass is 1460 g/mol. The quantitative estimate of drug-likeness (QED) is 0.0673. The highest BCUT2D eigenvalue weighted by molar-refractivity contribution is 9.09. The molecule has 12 heterocycles. The number of anilines is 1. The number of carboxylic acids is 1. The first-order valence-corrected chi connectivity index (χ1v) is 34.8. The molecule has 0 unspecified atom stereocenters. The molecule has 3 N–H and O–H groups in total. The van der Waals surface area contributed by atoms with E-state index in [9.17, 15) is 19.2 Å². The normalized spacial score (nSPS) is 15.6. The Morgan fingerprint density at radius 1 is 0.531 bits per heavy atom. The third-order valence-electron chi connectivity index (χ3n) is 17.0. The number of nitrogens with zero attached hydrogens (tertiary/aromatic N) is 11. The molecule has 0 spiro atoms. The van der Waals surface area contributed by atoms with Crippen molar-refractivity contribution in [3.8, 4) is 0 Å². The fourth-order valence-corrected chi connectivity index (χ4v) is 13.6. The van der Waals surface area contributed by atoms with Crippen LogP contribution in [0.25, 0.3) is 44.1 Å². The Hall–Kier alpha value is -6.94. The predicted molar refractivity (Wildman–Crippen MR) is 371 cm³/mol. The Morgan fingerprint density at radius 2 is 0.885 bits per heavy atom. The Balaban J connectivity index is 0.000000146. The smallest absolute Gasteiger partial charge is 0.341 e. The molecule has 4 fully saturated rings. The third-order valence-corrected chi connectivity index (χ3v) is 19.5. The third kappa shape index (κ3) is 18.2. The molecule has 0 radical (unpaired) electrons. The minimum Gasteiger partial charge on any atom is -0.478 e. The summed E-state index contributed by atoms with van der Waals surface area (Å²) < 4.78 is 36.9. The zero-order chi connectivity index (χ0) is 68.6. The lowest BCUT2D eigenvalue weighted by Crippen LogP contribution is -2.21. The number of alkyl halides is 1. The van der Waals surface area contributed by atoms with E-state index in [1.807, 2.05) is 72.9 Å². The van der Waals surface area contributed by atoms with Crippen molar-refractivity contribution in [1.82, 2.24) is 59.5 Å². The molecular weight excluding hydrogens is 1380 g/mol. The first-order valence-electron chi connectivity index (χ1n) is 32.2. The van der Waals surface area contributed by atoms with Crippen molar-refractivity contribution in [2.75, 3.05) is 76.7 Å². The second kappa shape index (κ2) is 35.0. The van der Waals surface area contributed by atoms with Crippen molar-refractivity contribution in [2.24, 2.45) is 23.7 Å². The summed E-state index contributed by atoms with van der Waals surface area (Å²) in [6, 6.07) is 7.63. The number of aromatic nitrogens is 12. The number of fused-ring (bicyclic) bond motifs is 4. The summed E-state index contributed by atoms with van der Waals surface area (Å²) in [5.74, 6) is 0.138. The van der Waals surface area contributed by atoms with Gasteiger partial charge in [0.2, 0.25) is 0 Å². The maximum Gasteiger partial charge on any atom is 0.341 e. The second-order valence-corrected chi connectivity index (χ2v) is 26.0. The molecule has 0 atom stereocenters. The zero-order valence-electron chi connectivity index (χ0n) is 54.8. The number of pyridine rings is 4. The van der Waals surface area contributed by atoms with E-state index in [1.54, 1.807) is 13.8 Å². The van der Waals surface area contributed by atoms with Gasteiger partial charge in [0.15, 0.2) is 22.6 Å². The minimum absolute atomic E-state index is 0.0119. The van der Waals surface area contributed by atoms with E-state index in [0.29, 0.717) is 85.0 Å². The molecule has 0 aliphatic carbocycles. The molecule has 9 aromatic rings. The van der Waals surface area contributed by atoms with E-state index in [0.717, 1.165) is 167 Å². The molecular formula is C67H80BrCl4N13O11. The van der Waals surface area contributed by atoms with Crippen LogP contribution in [0.4, 0.5) is 5.69 Å². The van der Waals surface area contributed by atoms with Crippen molar-refractivity contribution >= 4 is 136 Å². The molecule has 8 aromatic heterocycles. The summed E-state index contributed by atoms with van der Waals surface area (Å²) in [7, 11) is 0. The lowest BCUT2D eigenvalue weighted by Gasteiger charge is -2.21. The highest BCUT2D eigenvalue weighted by atomic mass is 79.9. The number of hydrogen-bond acceptors (Lipinski definition) is 18. The number of nitrogens with one attached hydrogen (secondary N) is 2. The Bertz CT molecular complexity index is 4160. The van der Waals surface area contributed by atoms with Crippen LogP contribution in [-0.4, -0.2) is 160 Å². The van der Waals surface area contributed by atoms with Gasteiger partial charge in [-0.1, -0.05) is 80.0 Å². The van der Waals surface area contributed by atoms with Crippen LogP contribution in [0.15, 0.2) is 49.1 Å². The molecule has 24 nitrogen and oxygen atoms in total. The van der Waals surface area contributed by atoms with Crippen LogP contribution in [0.1, 0.15) is 135 Å². The number of hydrogen-bond donors (Lipinski definition) is 3. The highest BCUT2D eigenvalue weighted by Gasteiger charge is 2.27. The summed E-state index contributed by atoms with van der Waals surface area (Å²) in [5, 5.41) is 37.6. The predicted octanol–water partition coefficient (Wildman–Crippen LogP) is 13.8. The molecule has 4 saturated heterocycles. The molecule has 0 bridgehead atoms. The van der Waals surface area contributed by atoms with Crippen LogP contribution in [0.2, 0.25) is 20.1 Å². The van der Waals surface area contributed by atoms with Gasteiger partial charge in [0.25, 0.3) is 5.91 Å². The lowest BCUT2D eigenvalue weighted by molar-refractivity contribution is 0.0516. The number of carboxylic acid groups (broad SMARTS) is 1. The standard InChI is InChI=1S/C21H23ClN4O2.C16H20ClN3O3.C14H16ClN3O3.C10H10ClN3O2.C6H11BrO/c1-13-3-5-16(6-4-13)24-21(27)17-11-23-20-18(19(17)22)14(2)25-26(20)12-15-7-9-28-10-8-15;1-3-23-16(21)12-8-18-15-13(14(12)17)10(2)19-20(15)9-11-4-6-22-7-5-11;1-8-11-12(15)10(14(19)20)6-16-13(11)18(17-8)7-9-2-4-21-5-3-9;1-3-16-10(15)6-4-12-9-7(8(6)11)5(2)13-14-9;7-5-6-1-3-8-4-2-6/h3-6,11,15H,7-10,12H2,1-2H3,(H,24,27);8,11H,3-7,9H2,1-2H3;6,9H,2-5,7H2,1H3,(H,19,20);4H,3H2,1-2H3,(H,12,13,14);6H,1-5H2. The van der Waals surface area contributed by atoms with Gasteiger partial charge in [-0.3, -0.25) is 9.89 Å². The van der Waals surface area contributed by atoms with Gasteiger partial charge >= 0.3 is 17.9 Å². The Kier molecular flexibility index (Phi) is 26.7. The number of esters is 2. The van der Waals surface area contributed by atoms with E-state index in [-0.39, 0.29) is 27.6 Å². The van der Waals surface area contributed by atoms with Crippen LogP contribution in [0, 0.1) is 58.3 Å². The van der Waals surface area contributed by atoms with Crippen LogP contribution in [0.3, 0.4) is 0 Å². The van der Waals surface area contributed by atoms with Crippen LogP contribution in [-0.2, 0) is 48.1 Å². The summed E-state index contributed by atoms with van der Waals surface area (Å²) in [6.45, 7) is 22.5. The number of carbonyl (C=O) groups is 4. The van der Waals surface area contributed by atoms with Gasteiger partial charge in [-0.25, -0.2) is 48.4 Å². The lowest BCUT2D eigenvalue weighted by atomic mass is 10.0. The van der Waals surface area contributed by atoms with E-state index < -0.39 is 17.9 Å². The van der Waals surface area contributed by atoms with Gasteiger partial charge in [-0.05, 0) is 136 Å². The fourth-order valence-electron chi connectivity index (χ4n) is 11.6. The van der Waals surface area contributed by atoms with E-state index >= 15 is 0 Å². The molecule has 4 aliphatic heterocycles. The number of amides is 1. The number of halogens is 5. The number of benzene rings is 1. The Morgan fingerprint density at radius 3 is 1.27 bits per heavy atom. The number of aromatic amines is 1. The first kappa shape index (κ1) is 73.3. The summed E-state index contributed by atoms with van der Waals surface area (Å²) >= 11 is 28.8. The van der Waals surface area contributed by atoms with E-state index in [4.69, 9.17) is 79.9 Å². The summed E-state index contributed by atoms with van der Waals surface area (Å²) in [4.78, 5) is 64.6. The minimum atomic E-state index is -1.08. The highest BCUT2D eigenvalue weighted by Crippen LogP contribution is 2.34. The summed E-state index contributed by atoms with van der Waals surface area (Å²) in [6.07, 6.45) is 14.3. The molecule has 13 rings (SSSR count). The van der Waals surface area contributed by atoms with Crippen molar-refractivity contribution in [2.45, 2.75) is 119 Å². The average Bonchev–Trinajstić information content (AvgIpc) is 1.63. The molecule has 0 saturated carbocycles. The topological polar surface area (TPSA) is 290 Å². The SMILES string of the molecule is BrCC1CCOCC1.CCOC(=O)c1cnc2c(c(C)nn2CC2CCOCC2)c1Cl.CCOC(=O)c1cnc2n[nH]c(C)c2c1Cl.Cc1ccc(NC(=O)c2cnc3c(c(C)nn3CC3CCOCC3)c2Cl)cc1.Cc1nn(CC2CCOCC2)c2ncc(C(=O)O)c(Cl)c12. The van der Waals surface area contributed by atoms with Crippen LogP contribution < -0.4 is 5.32 Å². The number of H-pyrrole nitrogens is 1. The molecule has 4 aliphatic rings.